The summed E-state index contributed by atoms with van der Waals surface area (Å²) in [5.74, 6) is 0. The average molecular weight is 358 g/mol. The zero-order chi connectivity index (χ0) is 18.5. The Hall–Kier alpha value is -2.39. The van der Waals surface area contributed by atoms with Gasteiger partial charge < -0.3 is 9.47 Å². The average Bonchev–Trinajstić information content (AvgIpc) is 3.24. The molecule has 3 nitrogen and oxygen atoms in total. The molecule has 0 fully saturated rings. The van der Waals surface area contributed by atoms with Crippen LogP contribution in [-0.4, -0.2) is 28.0 Å². The maximum absolute atomic E-state index is 4.56. The molecule has 0 N–H and O–H groups in total. The predicted molar refractivity (Wildman–Crippen MR) is 113 cm³/mol. The minimum atomic E-state index is 1.05. The van der Waals surface area contributed by atoms with Gasteiger partial charge in [-0.2, -0.15) is 0 Å². The minimum absolute atomic E-state index is 1.05. The molecule has 0 spiro atoms. The van der Waals surface area contributed by atoms with Crippen molar-refractivity contribution in [1.82, 2.24) is 14.5 Å². The highest BCUT2D eigenvalue weighted by molar-refractivity contribution is 5.95. The Kier molecular flexibility index (Phi) is 3.94. The second kappa shape index (κ2) is 6.35. The summed E-state index contributed by atoms with van der Waals surface area (Å²) in [4.78, 5) is 7.01. The molecule has 2 aromatic heterocycles. The smallest absolute Gasteiger partial charge is 0.0531 e. The molecule has 1 aliphatic heterocycles. The predicted octanol–water partition coefficient (Wildman–Crippen LogP) is 5.19. The lowest BCUT2D eigenvalue weighted by molar-refractivity contribution is 0.311. The first-order chi connectivity index (χ1) is 13.1. The van der Waals surface area contributed by atoms with E-state index in [0.29, 0.717) is 0 Å². The van der Waals surface area contributed by atoms with E-state index >= 15 is 0 Å². The molecule has 3 heterocycles. The quantitative estimate of drug-likeness (QED) is 0.629. The van der Waals surface area contributed by atoms with Crippen LogP contribution in [-0.2, 0) is 13.0 Å². The maximum Gasteiger partial charge on any atom is 0.0531 e. The summed E-state index contributed by atoms with van der Waals surface area (Å²) < 4.78 is 2.61. The standard InChI is InChI=1S/C24H27N3/c1-16-7-10-23-20(13-16)21-15-26(3)12-11-24(21)27(23)22-6-4-5-19(22)18-9-8-17(2)25-14-18/h7-10,13-14H,4-6,11-12,15H2,1-3H3. The SMILES string of the molecule is Cc1ccc2c(c1)c1c(n2C2=C(c3ccc(C)nc3)CCC2)CCN(C)C1. The molecule has 3 aromatic rings. The van der Waals surface area contributed by atoms with Crippen molar-refractivity contribution in [3.63, 3.8) is 0 Å². The molecule has 0 radical (unpaired) electrons. The van der Waals surface area contributed by atoms with E-state index < -0.39 is 0 Å². The van der Waals surface area contributed by atoms with Crippen LogP contribution in [0.5, 0.6) is 0 Å². The van der Waals surface area contributed by atoms with E-state index in [4.69, 9.17) is 0 Å². The highest BCUT2D eigenvalue weighted by Gasteiger charge is 2.27. The van der Waals surface area contributed by atoms with E-state index in [-0.39, 0.29) is 0 Å². The number of nitrogens with zero attached hydrogens (tertiary/aromatic N) is 3. The fourth-order valence-corrected chi connectivity index (χ4v) is 4.85. The Morgan fingerprint density at radius 1 is 1.00 bits per heavy atom. The molecule has 0 saturated carbocycles. The van der Waals surface area contributed by atoms with Crippen molar-refractivity contribution >= 4 is 22.2 Å². The summed E-state index contributed by atoms with van der Waals surface area (Å²) in [5.41, 5.74) is 11.2. The van der Waals surface area contributed by atoms with Gasteiger partial charge in [0.25, 0.3) is 0 Å². The van der Waals surface area contributed by atoms with Gasteiger partial charge >= 0.3 is 0 Å². The van der Waals surface area contributed by atoms with Crippen LogP contribution in [0.4, 0.5) is 0 Å². The summed E-state index contributed by atoms with van der Waals surface area (Å²) in [5, 5.41) is 1.44. The van der Waals surface area contributed by atoms with Crippen LogP contribution in [0.15, 0.2) is 36.5 Å². The lowest BCUT2D eigenvalue weighted by Crippen LogP contribution is -2.27. The Morgan fingerprint density at radius 3 is 2.70 bits per heavy atom. The second-order valence-corrected chi connectivity index (χ2v) is 8.24. The van der Waals surface area contributed by atoms with Crippen LogP contribution in [0.3, 0.4) is 0 Å². The molecule has 1 aromatic carbocycles. The molecule has 138 valence electrons. The monoisotopic (exact) mass is 357 g/mol. The van der Waals surface area contributed by atoms with Crippen LogP contribution in [0, 0.1) is 13.8 Å². The lowest BCUT2D eigenvalue weighted by Gasteiger charge is -2.25. The first-order valence-corrected chi connectivity index (χ1v) is 10.1. The fourth-order valence-electron chi connectivity index (χ4n) is 4.85. The largest absolute Gasteiger partial charge is 0.317 e. The van der Waals surface area contributed by atoms with Gasteiger partial charge in [-0.1, -0.05) is 17.7 Å². The normalized spacial score (nSPS) is 17.7. The van der Waals surface area contributed by atoms with Gasteiger partial charge in [0.15, 0.2) is 0 Å². The van der Waals surface area contributed by atoms with Crippen molar-refractivity contribution in [3.05, 3.63) is 64.6 Å². The summed E-state index contributed by atoms with van der Waals surface area (Å²) in [7, 11) is 2.24. The molecule has 3 heteroatoms. The first kappa shape index (κ1) is 16.8. The third kappa shape index (κ3) is 2.72. The number of hydrogen-bond acceptors (Lipinski definition) is 2. The van der Waals surface area contributed by atoms with Crippen LogP contribution >= 0.6 is 0 Å². The maximum atomic E-state index is 4.56. The van der Waals surface area contributed by atoms with Crippen LogP contribution in [0.25, 0.3) is 22.2 Å². The number of aromatic nitrogens is 2. The molecule has 0 unspecified atom stereocenters. The molecule has 0 amide bonds. The number of fused-ring (bicyclic) bond motifs is 3. The van der Waals surface area contributed by atoms with Gasteiger partial charge in [0.1, 0.15) is 0 Å². The third-order valence-electron chi connectivity index (χ3n) is 6.21. The Labute approximate surface area is 161 Å². The molecule has 5 rings (SSSR count). The zero-order valence-electron chi connectivity index (χ0n) is 16.5. The minimum Gasteiger partial charge on any atom is -0.317 e. The van der Waals surface area contributed by atoms with Crippen molar-refractivity contribution in [2.75, 3.05) is 13.6 Å². The van der Waals surface area contributed by atoms with E-state index in [1.165, 1.54) is 51.0 Å². The van der Waals surface area contributed by atoms with Crippen molar-refractivity contribution in [1.29, 1.82) is 0 Å². The van der Waals surface area contributed by atoms with Crippen LogP contribution < -0.4 is 0 Å². The van der Waals surface area contributed by atoms with Crippen molar-refractivity contribution in [2.45, 2.75) is 46.1 Å². The van der Waals surface area contributed by atoms with E-state index in [9.17, 15) is 0 Å². The number of aryl methyl sites for hydroxylation is 2. The van der Waals surface area contributed by atoms with E-state index in [2.05, 4.69) is 71.9 Å². The molecular formula is C24H27N3. The summed E-state index contributed by atoms with van der Waals surface area (Å²) in [6.07, 6.45) is 6.73. The molecule has 27 heavy (non-hydrogen) atoms. The number of rotatable bonds is 2. The topological polar surface area (TPSA) is 21.1 Å². The highest BCUT2D eigenvalue weighted by Crippen LogP contribution is 2.42. The van der Waals surface area contributed by atoms with Crippen LogP contribution in [0.2, 0.25) is 0 Å². The second-order valence-electron chi connectivity index (χ2n) is 8.24. The Morgan fingerprint density at radius 2 is 1.89 bits per heavy atom. The lowest BCUT2D eigenvalue weighted by atomic mass is 10.0. The van der Waals surface area contributed by atoms with Gasteiger partial charge in [-0.3, -0.25) is 4.98 Å². The van der Waals surface area contributed by atoms with Gasteiger partial charge in [0.05, 0.1) is 5.52 Å². The fraction of sp³-hybridized carbons (Fsp3) is 0.375. The molecule has 0 saturated heterocycles. The van der Waals surface area contributed by atoms with E-state index in [0.717, 1.165) is 38.0 Å². The zero-order valence-corrected chi connectivity index (χ0v) is 16.5. The third-order valence-corrected chi connectivity index (χ3v) is 6.21. The van der Waals surface area contributed by atoms with Crippen LogP contribution in [0.1, 0.15) is 47.3 Å². The first-order valence-electron chi connectivity index (χ1n) is 10.1. The van der Waals surface area contributed by atoms with Gasteiger partial charge in [-0.25, -0.2) is 0 Å². The molecule has 0 bridgehead atoms. The van der Waals surface area contributed by atoms with Crippen molar-refractivity contribution in [3.8, 4) is 0 Å². The summed E-state index contributed by atoms with van der Waals surface area (Å²) in [6.45, 7) is 6.45. The number of pyridine rings is 1. The van der Waals surface area contributed by atoms with Gasteiger partial charge in [0, 0.05) is 48.2 Å². The molecule has 2 aliphatic rings. The molecule has 1 aliphatic carbocycles. The summed E-state index contributed by atoms with van der Waals surface area (Å²) >= 11 is 0. The van der Waals surface area contributed by atoms with Gasteiger partial charge in [-0.05, 0) is 75.1 Å². The number of hydrogen-bond donors (Lipinski definition) is 0. The number of likely N-dealkylation sites (N-methyl/N-ethyl adjacent to an activating group) is 1. The van der Waals surface area contributed by atoms with Crippen molar-refractivity contribution < 1.29 is 0 Å². The van der Waals surface area contributed by atoms with Gasteiger partial charge in [-0.15, -0.1) is 0 Å². The van der Waals surface area contributed by atoms with E-state index in [1.54, 1.807) is 0 Å². The summed E-state index contributed by atoms with van der Waals surface area (Å²) in [6, 6.07) is 11.4. The molecular weight excluding hydrogens is 330 g/mol. The number of benzene rings is 1. The molecule has 0 atom stereocenters. The van der Waals surface area contributed by atoms with Gasteiger partial charge in [0.2, 0.25) is 0 Å². The Bertz CT molecular complexity index is 1050. The highest BCUT2D eigenvalue weighted by atomic mass is 15.1. The van der Waals surface area contributed by atoms with E-state index in [1.807, 2.05) is 0 Å². The number of allylic oxidation sites excluding steroid dienone is 2. The van der Waals surface area contributed by atoms with Crippen molar-refractivity contribution in [2.24, 2.45) is 0 Å². The Balaban J connectivity index is 1.77.